The molecule has 0 spiro atoms. The Morgan fingerprint density at radius 1 is 1.19 bits per heavy atom. The summed E-state index contributed by atoms with van der Waals surface area (Å²) in [6, 6.07) is 11.2. The number of halogens is 1. The highest BCUT2D eigenvalue weighted by Gasteiger charge is 2.09. The number of hydrogen-bond donors (Lipinski definition) is 3. The van der Waals surface area contributed by atoms with Crippen LogP contribution in [0.5, 0.6) is 17.2 Å². The molecule has 0 aromatic heterocycles. The van der Waals surface area contributed by atoms with Crippen LogP contribution in [-0.4, -0.2) is 37.4 Å². The predicted molar refractivity (Wildman–Crippen MR) is 104 cm³/mol. The number of nitrogens with zero attached hydrogens (tertiary/aromatic N) is 1. The molecule has 0 aliphatic carbocycles. The Morgan fingerprint density at radius 2 is 1.93 bits per heavy atom. The molecule has 0 saturated carbocycles. The molecule has 2 aromatic carbocycles. The summed E-state index contributed by atoms with van der Waals surface area (Å²) in [5, 5.41) is 16.5. The van der Waals surface area contributed by atoms with Crippen molar-refractivity contribution in [2.75, 3.05) is 20.2 Å². The molecule has 0 heterocycles. The summed E-state index contributed by atoms with van der Waals surface area (Å²) in [5.74, 6) is 1.42. The third-order valence-corrected chi connectivity index (χ3v) is 3.76. The zero-order valence-electron chi connectivity index (χ0n) is 15.8. The lowest BCUT2D eigenvalue weighted by atomic mass is 10.2. The van der Waals surface area contributed by atoms with Gasteiger partial charge in [0.2, 0.25) is 0 Å². The second-order valence-corrected chi connectivity index (χ2v) is 5.93. The number of aliphatic imine (C=N–C) groups is 1. The first-order chi connectivity index (χ1) is 13.0. The molecule has 0 radical (unpaired) electrons. The number of phenols is 1. The van der Waals surface area contributed by atoms with Crippen LogP contribution >= 0.6 is 0 Å². The van der Waals surface area contributed by atoms with E-state index in [0.717, 1.165) is 0 Å². The van der Waals surface area contributed by atoms with Crippen molar-refractivity contribution in [1.29, 1.82) is 0 Å². The third kappa shape index (κ3) is 6.36. The van der Waals surface area contributed by atoms with E-state index in [1.807, 2.05) is 19.9 Å². The Morgan fingerprint density at radius 3 is 2.59 bits per heavy atom. The minimum atomic E-state index is -0.296. The van der Waals surface area contributed by atoms with Crippen molar-refractivity contribution in [3.63, 3.8) is 0 Å². The highest BCUT2D eigenvalue weighted by Crippen LogP contribution is 2.29. The number of ether oxygens (including phenoxy) is 2. The van der Waals surface area contributed by atoms with Crippen molar-refractivity contribution in [3.05, 3.63) is 53.8 Å². The molecule has 0 aliphatic rings. The lowest BCUT2D eigenvalue weighted by Gasteiger charge is -2.18. The summed E-state index contributed by atoms with van der Waals surface area (Å²) in [6.45, 7) is 5.38. The minimum absolute atomic E-state index is 0.0904. The Hall–Kier alpha value is -2.96. The maximum atomic E-state index is 12.9. The van der Waals surface area contributed by atoms with Crippen LogP contribution in [0.25, 0.3) is 0 Å². The van der Waals surface area contributed by atoms with Crippen LogP contribution < -0.4 is 20.1 Å². The van der Waals surface area contributed by atoms with Gasteiger partial charge in [-0.1, -0.05) is 12.1 Å². The Bertz CT molecular complexity index is 751. The first-order valence-electron chi connectivity index (χ1n) is 8.82. The number of benzene rings is 2. The van der Waals surface area contributed by atoms with Gasteiger partial charge in [0, 0.05) is 12.1 Å². The van der Waals surface area contributed by atoms with E-state index in [1.165, 1.54) is 19.2 Å². The zero-order valence-corrected chi connectivity index (χ0v) is 15.8. The van der Waals surface area contributed by atoms with Crippen LogP contribution in [0, 0.1) is 5.82 Å². The number of hydrogen-bond acceptors (Lipinski definition) is 4. The van der Waals surface area contributed by atoms with Gasteiger partial charge in [0.05, 0.1) is 20.2 Å². The van der Waals surface area contributed by atoms with Crippen molar-refractivity contribution < 1.29 is 19.0 Å². The van der Waals surface area contributed by atoms with Gasteiger partial charge in [-0.15, -0.1) is 0 Å². The third-order valence-electron chi connectivity index (χ3n) is 3.76. The normalized spacial score (nSPS) is 12.4. The molecule has 3 N–H and O–H groups in total. The van der Waals surface area contributed by atoms with Gasteiger partial charge in [-0.3, -0.25) is 0 Å². The molecular weight excluding hydrogens is 349 g/mol. The van der Waals surface area contributed by atoms with Gasteiger partial charge in [-0.25, -0.2) is 9.38 Å². The van der Waals surface area contributed by atoms with Crippen molar-refractivity contribution >= 4 is 5.96 Å². The number of phenolic OH excluding ortho intramolecular Hbond substituents is 1. The number of methoxy groups -OCH3 is 1. The molecule has 2 rings (SSSR count). The summed E-state index contributed by atoms with van der Waals surface area (Å²) in [6.07, 6.45) is -0.149. The standard InChI is InChI=1S/C20H26FN3O3/c1-4-22-20(24-13-15-6-5-7-18(26-3)19(15)25)23-12-14(2)27-17-10-8-16(21)9-11-17/h5-11,14,25H,4,12-13H2,1-3H3,(H2,22,23,24). The van der Waals surface area contributed by atoms with Crippen LogP contribution in [-0.2, 0) is 6.54 Å². The molecule has 0 aliphatic heterocycles. The van der Waals surface area contributed by atoms with Gasteiger partial charge in [0.15, 0.2) is 17.5 Å². The highest BCUT2D eigenvalue weighted by molar-refractivity contribution is 5.79. The Balaban J connectivity index is 1.94. The summed E-state index contributed by atoms with van der Waals surface area (Å²) < 4.78 is 23.8. The summed E-state index contributed by atoms with van der Waals surface area (Å²) in [5.41, 5.74) is 0.669. The predicted octanol–water partition coefficient (Wildman–Crippen LogP) is 3.06. The van der Waals surface area contributed by atoms with E-state index in [1.54, 1.807) is 24.3 Å². The molecule has 0 amide bonds. The molecule has 1 unspecified atom stereocenters. The second-order valence-electron chi connectivity index (χ2n) is 5.93. The first-order valence-corrected chi connectivity index (χ1v) is 8.82. The quantitative estimate of drug-likeness (QED) is 0.488. The van der Waals surface area contributed by atoms with Crippen molar-refractivity contribution in [3.8, 4) is 17.2 Å². The monoisotopic (exact) mass is 375 g/mol. The summed E-state index contributed by atoms with van der Waals surface area (Å²) in [7, 11) is 1.51. The van der Waals surface area contributed by atoms with E-state index >= 15 is 0 Å². The number of para-hydroxylation sites is 1. The van der Waals surface area contributed by atoms with E-state index in [2.05, 4.69) is 15.6 Å². The Kier molecular flexibility index (Phi) is 7.73. The van der Waals surface area contributed by atoms with Gasteiger partial charge in [-0.2, -0.15) is 0 Å². The van der Waals surface area contributed by atoms with Crippen molar-refractivity contribution in [1.82, 2.24) is 10.6 Å². The van der Waals surface area contributed by atoms with Crippen LogP contribution in [0.3, 0.4) is 0 Å². The Labute approximate surface area is 159 Å². The van der Waals surface area contributed by atoms with Gasteiger partial charge >= 0.3 is 0 Å². The fraction of sp³-hybridized carbons (Fsp3) is 0.350. The molecular formula is C20H26FN3O3. The van der Waals surface area contributed by atoms with Gasteiger partial charge < -0.3 is 25.2 Å². The van der Waals surface area contributed by atoms with Gasteiger partial charge in [0.25, 0.3) is 0 Å². The molecule has 7 heteroatoms. The summed E-state index contributed by atoms with van der Waals surface area (Å²) >= 11 is 0. The van der Waals surface area contributed by atoms with Crippen LogP contribution in [0.2, 0.25) is 0 Å². The number of rotatable bonds is 8. The molecule has 6 nitrogen and oxygen atoms in total. The van der Waals surface area contributed by atoms with E-state index in [9.17, 15) is 9.50 Å². The fourth-order valence-corrected chi connectivity index (χ4v) is 2.39. The van der Waals surface area contributed by atoms with Crippen molar-refractivity contribution in [2.24, 2.45) is 4.99 Å². The molecule has 0 fully saturated rings. The highest BCUT2D eigenvalue weighted by atomic mass is 19.1. The smallest absolute Gasteiger partial charge is 0.191 e. The van der Waals surface area contributed by atoms with Gasteiger partial charge in [-0.05, 0) is 44.2 Å². The van der Waals surface area contributed by atoms with E-state index in [4.69, 9.17) is 9.47 Å². The lowest BCUT2D eigenvalue weighted by Crippen LogP contribution is -2.41. The SMILES string of the molecule is CCNC(=NCc1cccc(OC)c1O)NCC(C)Oc1ccc(F)cc1. The van der Waals surface area contributed by atoms with Crippen molar-refractivity contribution in [2.45, 2.75) is 26.5 Å². The van der Waals surface area contributed by atoms with E-state index in [-0.39, 0.29) is 17.7 Å². The maximum Gasteiger partial charge on any atom is 0.191 e. The van der Waals surface area contributed by atoms with E-state index < -0.39 is 0 Å². The number of guanidine groups is 1. The maximum absolute atomic E-state index is 12.9. The van der Waals surface area contributed by atoms with E-state index in [0.29, 0.717) is 42.7 Å². The van der Waals surface area contributed by atoms with Crippen LogP contribution in [0.4, 0.5) is 4.39 Å². The number of aromatic hydroxyl groups is 1. The molecule has 1 atom stereocenters. The minimum Gasteiger partial charge on any atom is -0.504 e. The van der Waals surface area contributed by atoms with Gasteiger partial charge in [0.1, 0.15) is 17.7 Å². The van der Waals surface area contributed by atoms with Crippen LogP contribution in [0.1, 0.15) is 19.4 Å². The fourth-order valence-electron chi connectivity index (χ4n) is 2.39. The summed E-state index contributed by atoms with van der Waals surface area (Å²) in [4.78, 5) is 4.48. The average molecular weight is 375 g/mol. The molecule has 0 saturated heterocycles. The molecule has 0 bridgehead atoms. The molecule has 27 heavy (non-hydrogen) atoms. The van der Waals surface area contributed by atoms with Crippen LogP contribution in [0.15, 0.2) is 47.5 Å². The lowest BCUT2D eigenvalue weighted by molar-refractivity contribution is 0.223. The first kappa shape index (κ1) is 20.4. The average Bonchev–Trinajstić information content (AvgIpc) is 2.67. The largest absolute Gasteiger partial charge is 0.504 e. The second kappa shape index (κ2) is 10.3. The number of nitrogens with one attached hydrogen (secondary N) is 2. The topological polar surface area (TPSA) is 75.1 Å². The molecule has 2 aromatic rings. The zero-order chi connectivity index (χ0) is 19.6. The molecule has 146 valence electrons.